The third-order valence-corrected chi connectivity index (χ3v) is 10.1. The number of carbonyl (C=O) groups is 2. The van der Waals surface area contributed by atoms with Gasteiger partial charge in [-0.15, -0.1) is 0 Å². The lowest BCUT2D eigenvalue weighted by Crippen LogP contribution is -2.52. The fourth-order valence-corrected chi connectivity index (χ4v) is 7.54. The number of nitrogens with zero attached hydrogens (tertiary/aromatic N) is 3. The third kappa shape index (κ3) is 6.73. The van der Waals surface area contributed by atoms with Crippen molar-refractivity contribution in [1.29, 1.82) is 0 Å². The fraction of sp³-hybridized carbons (Fsp3) is 0.459. The summed E-state index contributed by atoms with van der Waals surface area (Å²) in [6.07, 6.45) is 12.2. The number of methoxy groups -OCH3 is 1. The predicted octanol–water partition coefficient (Wildman–Crippen LogP) is 6.61. The van der Waals surface area contributed by atoms with Gasteiger partial charge in [-0.2, -0.15) is 0 Å². The molecular formula is C37H46N6O3. The van der Waals surface area contributed by atoms with Crippen molar-refractivity contribution in [3.8, 4) is 22.4 Å². The molecule has 2 amide bonds. The average molecular weight is 623 g/mol. The van der Waals surface area contributed by atoms with E-state index in [4.69, 9.17) is 9.72 Å². The Kier molecular flexibility index (Phi) is 9.56. The number of likely N-dealkylation sites (tertiary alicyclic amines) is 1. The molecule has 0 radical (unpaired) electrons. The maximum absolute atomic E-state index is 13.3. The van der Waals surface area contributed by atoms with E-state index < -0.39 is 12.1 Å². The molecule has 2 saturated carbocycles. The van der Waals surface area contributed by atoms with Crippen LogP contribution in [0.4, 0.5) is 4.79 Å². The van der Waals surface area contributed by atoms with Gasteiger partial charge in [0.2, 0.25) is 5.91 Å². The van der Waals surface area contributed by atoms with Gasteiger partial charge in [-0.1, -0.05) is 68.8 Å². The van der Waals surface area contributed by atoms with Crippen LogP contribution >= 0.6 is 0 Å². The van der Waals surface area contributed by atoms with E-state index in [0.29, 0.717) is 12.5 Å². The highest BCUT2D eigenvalue weighted by atomic mass is 16.5. The van der Waals surface area contributed by atoms with Gasteiger partial charge in [-0.25, -0.2) is 9.78 Å². The second kappa shape index (κ2) is 13.9. The largest absolute Gasteiger partial charge is 0.453 e. The molecule has 3 N–H and O–H groups in total. The van der Waals surface area contributed by atoms with Gasteiger partial charge >= 0.3 is 6.09 Å². The smallest absolute Gasteiger partial charge is 0.407 e. The Balaban J connectivity index is 1.09. The maximum Gasteiger partial charge on any atom is 0.407 e. The molecule has 9 heteroatoms. The molecule has 2 heterocycles. The first-order chi connectivity index (χ1) is 22.3. The van der Waals surface area contributed by atoms with Crippen LogP contribution in [0.2, 0.25) is 0 Å². The number of hydrogen-bond acceptors (Lipinski definition) is 6. The molecule has 1 aliphatic heterocycles. The van der Waals surface area contributed by atoms with Gasteiger partial charge in [0.15, 0.2) is 0 Å². The first-order valence-corrected chi connectivity index (χ1v) is 16.7. The molecule has 242 valence electrons. The van der Waals surface area contributed by atoms with Crippen molar-refractivity contribution >= 4 is 23.9 Å². The molecule has 46 heavy (non-hydrogen) atoms. The van der Waals surface area contributed by atoms with Gasteiger partial charge < -0.3 is 25.3 Å². The summed E-state index contributed by atoms with van der Waals surface area (Å²) >= 11 is 0. The molecule has 5 atom stereocenters. The highest BCUT2D eigenvalue weighted by Gasteiger charge is 2.41. The van der Waals surface area contributed by atoms with Crippen LogP contribution in [0.3, 0.4) is 0 Å². The summed E-state index contributed by atoms with van der Waals surface area (Å²) in [5.74, 6) is 3.31. The fourth-order valence-electron chi connectivity index (χ4n) is 7.54. The van der Waals surface area contributed by atoms with E-state index >= 15 is 0 Å². The Bertz CT molecular complexity index is 1580. The molecule has 5 unspecified atom stereocenters. The van der Waals surface area contributed by atoms with Crippen molar-refractivity contribution in [2.45, 2.75) is 70.4 Å². The minimum absolute atomic E-state index is 0.0673. The molecule has 3 fully saturated rings. The summed E-state index contributed by atoms with van der Waals surface area (Å²) in [5.41, 5.74) is 6.44. The standard InChI is InChI=1S/C37H46N6O3/c1-23(2)34(42-37(45)46-4)36(44)43-17-5-6-30(43)20-39-21-32(38-3)27-13-9-25(10-14-27)26-11-15-28(16-12-26)33-22-40-35(41-33)31-19-24-7-8-29(31)18-24/h9-16,20-24,29-31,34,38H,5-8,17-19H2,1-4H3,(H,40,41)(H,42,45)/b32-21-,39-20?. The van der Waals surface area contributed by atoms with Crippen molar-refractivity contribution in [2.24, 2.45) is 22.7 Å². The minimum Gasteiger partial charge on any atom is -0.453 e. The minimum atomic E-state index is -0.644. The highest BCUT2D eigenvalue weighted by molar-refractivity contribution is 5.89. The number of ether oxygens (including phenoxy) is 1. The van der Waals surface area contributed by atoms with Crippen molar-refractivity contribution in [1.82, 2.24) is 25.5 Å². The molecule has 6 rings (SSSR count). The van der Waals surface area contributed by atoms with Crippen molar-refractivity contribution in [2.75, 3.05) is 20.7 Å². The number of H-pyrrole nitrogens is 1. The second-order valence-corrected chi connectivity index (χ2v) is 13.3. The normalized spacial score (nSPS) is 23.3. The summed E-state index contributed by atoms with van der Waals surface area (Å²) in [6.45, 7) is 4.46. The summed E-state index contributed by atoms with van der Waals surface area (Å²) in [5, 5.41) is 5.94. The summed E-state index contributed by atoms with van der Waals surface area (Å²) in [4.78, 5) is 39.9. The number of alkyl carbamates (subject to hydrolysis) is 1. The lowest BCUT2D eigenvalue weighted by atomic mass is 9.88. The zero-order valence-corrected chi connectivity index (χ0v) is 27.3. The second-order valence-electron chi connectivity index (χ2n) is 13.3. The first-order valence-electron chi connectivity index (χ1n) is 16.7. The molecule has 2 bridgehead atoms. The van der Waals surface area contributed by atoms with E-state index in [2.05, 4.69) is 69.1 Å². The number of fused-ring (bicyclic) bond motifs is 2. The molecule has 2 aromatic carbocycles. The molecule has 9 nitrogen and oxygen atoms in total. The van der Waals surface area contributed by atoms with Gasteiger partial charge in [-0.3, -0.25) is 9.79 Å². The highest BCUT2D eigenvalue weighted by Crippen LogP contribution is 2.52. The Morgan fingerprint density at radius 3 is 2.37 bits per heavy atom. The molecule has 3 aromatic rings. The van der Waals surface area contributed by atoms with Crippen LogP contribution in [0.5, 0.6) is 0 Å². The van der Waals surface area contributed by atoms with Crippen molar-refractivity contribution in [3.05, 3.63) is 72.3 Å². The number of carbonyl (C=O) groups excluding carboxylic acids is 2. The Morgan fingerprint density at radius 2 is 1.74 bits per heavy atom. The van der Waals surface area contributed by atoms with E-state index in [-0.39, 0.29) is 17.9 Å². The lowest BCUT2D eigenvalue weighted by Gasteiger charge is -2.29. The summed E-state index contributed by atoms with van der Waals surface area (Å²) in [7, 11) is 3.18. The maximum atomic E-state index is 13.3. The van der Waals surface area contributed by atoms with Crippen molar-refractivity contribution in [3.63, 3.8) is 0 Å². The Labute approximate surface area is 271 Å². The van der Waals surface area contributed by atoms with Crippen LogP contribution in [0, 0.1) is 17.8 Å². The van der Waals surface area contributed by atoms with E-state index in [1.54, 1.807) is 11.1 Å². The average Bonchev–Trinajstić information content (AvgIpc) is 3.91. The van der Waals surface area contributed by atoms with Crippen LogP contribution < -0.4 is 10.6 Å². The number of hydrogen-bond donors (Lipinski definition) is 3. The Morgan fingerprint density at radius 1 is 1.02 bits per heavy atom. The number of benzene rings is 2. The van der Waals surface area contributed by atoms with Crippen LogP contribution in [0.15, 0.2) is 65.9 Å². The van der Waals surface area contributed by atoms with E-state index in [9.17, 15) is 9.59 Å². The lowest BCUT2D eigenvalue weighted by molar-refractivity contribution is -0.134. The molecule has 2 aliphatic carbocycles. The zero-order chi connectivity index (χ0) is 32.2. The number of imidazole rings is 1. The first kappa shape index (κ1) is 31.6. The van der Waals surface area contributed by atoms with Crippen LogP contribution in [-0.4, -0.2) is 65.9 Å². The third-order valence-electron chi connectivity index (χ3n) is 10.1. The topological polar surface area (TPSA) is 112 Å². The number of rotatable bonds is 10. The van der Waals surface area contributed by atoms with Gasteiger partial charge in [-0.05, 0) is 72.1 Å². The van der Waals surface area contributed by atoms with Gasteiger partial charge in [0.25, 0.3) is 0 Å². The predicted molar refractivity (Wildman–Crippen MR) is 182 cm³/mol. The quantitative estimate of drug-likeness (QED) is 0.221. The number of aromatic amines is 1. The molecule has 1 saturated heterocycles. The summed E-state index contributed by atoms with van der Waals surface area (Å²) in [6, 6.07) is 16.3. The van der Waals surface area contributed by atoms with Gasteiger partial charge in [0.1, 0.15) is 11.9 Å². The number of nitrogens with one attached hydrogen (secondary N) is 3. The van der Waals surface area contributed by atoms with Crippen LogP contribution in [0.25, 0.3) is 28.1 Å². The zero-order valence-electron chi connectivity index (χ0n) is 27.3. The van der Waals surface area contributed by atoms with E-state index in [1.807, 2.05) is 33.3 Å². The molecule has 3 aliphatic rings. The monoisotopic (exact) mass is 622 g/mol. The van der Waals surface area contributed by atoms with E-state index in [1.165, 1.54) is 38.6 Å². The number of aromatic nitrogens is 2. The molecule has 1 aromatic heterocycles. The number of amides is 2. The van der Waals surface area contributed by atoms with Crippen LogP contribution in [0.1, 0.15) is 69.7 Å². The summed E-state index contributed by atoms with van der Waals surface area (Å²) < 4.78 is 4.73. The van der Waals surface area contributed by atoms with Crippen molar-refractivity contribution < 1.29 is 14.3 Å². The Hall–Kier alpha value is -4.40. The number of aliphatic imine (C=N–C) groups is 1. The molecule has 0 spiro atoms. The van der Waals surface area contributed by atoms with Gasteiger partial charge in [0, 0.05) is 25.7 Å². The SMILES string of the molecule is CN/C(=C\N=CC1CCCN1C(=O)C(NC(=O)OC)C(C)C)c1ccc(-c2ccc(-c3cnc(C4CC5CCC4C5)[nH]3)cc2)cc1. The van der Waals surface area contributed by atoms with E-state index in [0.717, 1.165) is 58.3 Å². The molecular weight excluding hydrogens is 576 g/mol. The van der Waals surface area contributed by atoms with Crippen LogP contribution in [-0.2, 0) is 9.53 Å². The van der Waals surface area contributed by atoms with Gasteiger partial charge in [0.05, 0.1) is 36.9 Å².